The summed E-state index contributed by atoms with van der Waals surface area (Å²) in [6, 6.07) is 10.8. The van der Waals surface area contributed by atoms with Crippen LogP contribution in [0.2, 0.25) is 0 Å². The molecule has 0 aliphatic rings. The molecule has 0 aliphatic heterocycles. The van der Waals surface area contributed by atoms with Crippen LogP contribution < -0.4 is 10.5 Å². The standard InChI is InChI=1S/C15H18N2O2/c1-11-2-7-15(14(17-11)8-9-16)19-10-12-3-5-13(18)6-4-12/h2-7,18H,8-10,16H2,1H3. The van der Waals surface area contributed by atoms with Gasteiger partial charge in [-0.2, -0.15) is 0 Å². The maximum atomic E-state index is 9.22. The Hall–Kier alpha value is -2.07. The quantitative estimate of drug-likeness (QED) is 0.862. The highest BCUT2D eigenvalue weighted by Gasteiger charge is 2.05. The minimum atomic E-state index is 0.254. The van der Waals surface area contributed by atoms with E-state index in [-0.39, 0.29) is 5.75 Å². The molecule has 0 amide bonds. The van der Waals surface area contributed by atoms with E-state index in [1.54, 1.807) is 12.1 Å². The molecule has 0 radical (unpaired) electrons. The van der Waals surface area contributed by atoms with E-state index in [0.717, 1.165) is 22.7 Å². The van der Waals surface area contributed by atoms with Crippen molar-refractivity contribution in [2.75, 3.05) is 6.54 Å². The van der Waals surface area contributed by atoms with Gasteiger partial charge in [0.1, 0.15) is 18.1 Å². The molecule has 2 rings (SSSR count). The lowest BCUT2D eigenvalue weighted by Crippen LogP contribution is -2.08. The van der Waals surface area contributed by atoms with E-state index in [1.165, 1.54) is 0 Å². The smallest absolute Gasteiger partial charge is 0.141 e. The first kappa shape index (κ1) is 13.4. The predicted octanol–water partition coefficient (Wildman–Crippen LogP) is 2.18. The molecule has 1 aromatic carbocycles. The first-order valence-corrected chi connectivity index (χ1v) is 6.26. The van der Waals surface area contributed by atoms with Gasteiger partial charge in [0.05, 0.1) is 5.69 Å². The lowest BCUT2D eigenvalue weighted by molar-refractivity contribution is 0.301. The van der Waals surface area contributed by atoms with Crippen LogP contribution in [0.3, 0.4) is 0 Å². The fourth-order valence-corrected chi connectivity index (χ4v) is 1.80. The summed E-state index contributed by atoms with van der Waals surface area (Å²) in [6.45, 7) is 2.94. The fourth-order valence-electron chi connectivity index (χ4n) is 1.80. The zero-order valence-electron chi connectivity index (χ0n) is 11.0. The van der Waals surface area contributed by atoms with Crippen molar-refractivity contribution in [3.63, 3.8) is 0 Å². The molecule has 2 aromatic rings. The molecule has 3 N–H and O–H groups in total. The van der Waals surface area contributed by atoms with Crippen LogP contribution in [0.5, 0.6) is 11.5 Å². The van der Waals surface area contributed by atoms with Crippen LogP contribution in [0, 0.1) is 6.92 Å². The molecule has 0 bridgehead atoms. The van der Waals surface area contributed by atoms with Crippen molar-refractivity contribution in [2.24, 2.45) is 5.73 Å². The molecule has 1 aromatic heterocycles. The minimum Gasteiger partial charge on any atom is -0.508 e. The molecule has 4 heteroatoms. The Kier molecular flexibility index (Phi) is 4.36. The molecule has 0 atom stereocenters. The van der Waals surface area contributed by atoms with Gasteiger partial charge >= 0.3 is 0 Å². The van der Waals surface area contributed by atoms with E-state index in [2.05, 4.69) is 4.98 Å². The zero-order chi connectivity index (χ0) is 13.7. The van der Waals surface area contributed by atoms with Crippen LogP contribution in [-0.2, 0) is 13.0 Å². The molecule has 4 nitrogen and oxygen atoms in total. The van der Waals surface area contributed by atoms with E-state index >= 15 is 0 Å². The summed E-state index contributed by atoms with van der Waals surface area (Å²) in [7, 11) is 0. The summed E-state index contributed by atoms with van der Waals surface area (Å²) in [6.07, 6.45) is 0.701. The molecule has 0 saturated carbocycles. The average Bonchev–Trinajstić information content (AvgIpc) is 2.40. The predicted molar refractivity (Wildman–Crippen MR) is 74.2 cm³/mol. The van der Waals surface area contributed by atoms with Crippen LogP contribution in [0.15, 0.2) is 36.4 Å². The van der Waals surface area contributed by atoms with Crippen LogP contribution in [-0.4, -0.2) is 16.6 Å². The van der Waals surface area contributed by atoms with Gasteiger partial charge in [0, 0.05) is 12.1 Å². The van der Waals surface area contributed by atoms with Crippen molar-refractivity contribution in [3.05, 3.63) is 53.3 Å². The van der Waals surface area contributed by atoms with Crippen molar-refractivity contribution in [3.8, 4) is 11.5 Å². The third kappa shape index (κ3) is 3.69. The van der Waals surface area contributed by atoms with E-state index in [9.17, 15) is 5.11 Å². The Bertz CT molecular complexity index is 538. The van der Waals surface area contributed by atoms with Gasteiger partial charge in [0.15, 0.2) is 0 Å². The van der Waals surface area contributed by atoms with Crippen LogP contribution in [0.1, 0.15) is 17.0 Å². The number of hydrogen-bond donors (Lipinski definition) is 2. The van der Waals surface area contributed by atoms with E-state index in [1.807, 2.05) is 31.2 Å². The summed E-state index contributed by atoms with van der Waals surface area (Å²) in [5, 5.41) is 9.22. The zero-order valence-corrected chi connectivity index (χ0v) is 11.0. The highest BCUT2D eigenvalue weighted by molar-refractivity contribution is 5.31. The minimum absolute atomic E-state index is 0.254. The molecule has 0 unspecified atom stereocenters. The number of benzene rings is 1. The largest absolute Gasteiger partial charge is 0.508 e. The second-order valence-electron chi connectivity index (χ2n) is 4.39. The monoisotopic (exact) mass is 258 g/mol. The van der Waals surface area contributed by atoms with E-state index < -0.39 is 0 Å². The summed E-state index contributed by atoms with van der Waals surface area (Å²) < 4.78 is 5.77. The lowest BCUT2D eigenvalue weighted by atomic mass is 10.2. The molecule has 19 heavy (non-hydrogen) atoms. The molecule has 0 saturated heterocycles. The SMILES string of the molecule is Cc1ccc(OCc2ccc(O)cc2)c(CCN)n1. The van der Waals surface area contributed by atoms with Gasteiger partial charge in [-0.05, 0) is 43.3 Å². The highest BCUT2D eigenvalue weighted by Crippen LogP contribution is 2.19. The first-order chi connectivity index (χ1) is 9.19. The number of aryl methyl sites for hydroxylation is 1. The van der Waals surface area contributed by atoms with Gasteiger partial charge < -0.3 is 15.6 Å². The van der Waals surface area contributed by atoms with Gasteiger partial charge in [-0.15, -0.1) is 0 Å². The second-order valence-corrected chi connectivity index (χ2v) is 4.39. The van der Waals surface area contributed by atoms with Crippen molar-refractivity contribution in [1.82, 2.24) is 4.98 Å². The Morgan fingerprint density at radius 3 is 2.58 bits per heavy atom. The summed E-state index contributed by atoms with van der Waals surface area (Å²) in [5.41, 5.74) is 8.43. The topological polar surface area (TPSA) is 68.4 Å². The second kappa shape index (κ2) is 6.20. The third-order valence-corrected chi connectivity index (χ3v) is 2.78. The van der Waals surface area contributed by atoms with Gasteiger partial charge in [0.25, 0.3) is 0 Å². The number of aromatic hydroxyl groups is 1. The first-order valence-electron chi connectivity index (χ1n) is 6.26. The molecular weight excluding hydrogens is 240 g/mol. The number of nitrogens with two attached hydrogens (primary N) is 1. The molecule has 0 spiro atoms. The van der Waals surface area contributed by atoms with Crippen molar-refractivity contribution < 1.29 is 9.84 Å². The number of phenols is 1. The van der Waals surface area contributed by atoms with Gasteiger partial charge in [-0.25, -0.2) is 0 Å². The summed E-state index contributed by atoms with van der Waals surface area (Å²) >= 11 is 0. The Morgan fingerprint density at radius 1 is 1.16 bits per heavy atom. The maximum Gasteiger partial charge on any atom is 0.141 e. The summed E-state index contributed by atoms with van der Waals surface area (Å²) in [4.78, 5) is 4.44. The van der Waals surface area contributed by atoms with Gasteiger partial charge in [-0.1, -0.05) is 12.1 Å². The molecule has 100 valence electrons. The number of rotatable bonds is 5. The van der Waals surface area contributed by atoms with Crippen LogP contribution in [0.4, 0.5) is 0 Å². The third-order valence-electron chi connectivity index (χ3n) is 2.78. The number of phenolic OH excluding ortho intramolecular Hbond substituents is 1. The Morgan fingerprint density at radius 2 is 1.89 bits per heavy atom. The number of ether oxygens (including phenoxy) is 1. The van der Waals surface area contributed by atoms with E-state index in [0.29, 0.717) is 19.6 Å². The average molecular weight is 258 g/mol. The van der Waals surface area contributed by atoms with Crippen molar-refractivity contribution in [2.45, 2.75) is 20.0 Å². The van der Waals surface area contributed by atoms with Gasteiger partial charge in [-0.3, -0.25) is 4.98 Å². The molecule has 1 heterocycles. The lowest BCUT2D eigenvalue weighted by Gasteiger charge is -2.11. The Balaban J connectivity index is 2.08. The van der Waals surface area contributed by atoms with Crippen molar-refractivity contribution in [1.29, 1.82) is 0 Å². The normalized spacial score (nSPS) is 10.4. The van der Waals surface area contributed by atoms with E-state index in [4.69, 9.17) is 10.5 Å². The molecule has 0 aliphatic carbocycles. The number of hydrogen-bond acceptors (Lipinski definition) is 4. The van der Waals surface area contributed by atoms with Crippen LogP contribution >= 0.6 is 0 Å². The Labute approximate surface area is 112 Å². The van der Waals surface area contributed by atoms with Crippen molar-refractivity contribution >= 4 is 0 Å². The van der Waals surface area contributed by atoms with Crippen LogP contribution in [0.25, 0.3) is 0 Å². The number of aromatic nitrogens is 1. The number of pyridine rings is 1. The van der Waals surface area contributed by atoms with Gasteiger partial charge in [0.2, 0.25) is 0 Å². The fraction of sp³-hybridized carbons (Fsp3) is 0.267. The maximum absolute atomic E-state index is 9.22. The summed E-state index contributed by atoms with van der Waals surface area (Å²) in [5.74, 6) is 1.02. The molecule has 0 fully saturated rings. The number of nitrogens with zero attached hydrogens (tertiary/aromatic N) is 1. The highest BCUT2D eigenvalue weighted by atomic mass is 16.5. The molecular formula is C15H18N2O2.